The van der Waals surface area contributed by atoms with Crippen LogP contribution in [0.4, 0.5) is 0 Å². The standard InChI is InChI=1S/C17H26N2O2/c18-11-10-14-6-8-15(9-7-14)17(20)19-12-13-21-16-4-2-1-3-5-16/h6-9,16H,1-5,10-13,18H2,(H,19,20). The zero-order chi connectivity index (χ0) is 14.9. The number of nitrogens with one attached hydrogen (secondary N) is 1. The summed E-state index contributed by atoms with van der Waals surface area (Å²) in [4.78, 5) is 12.0. The molecule has 1 aromatic carbocycles. The summed E-state index contributed by atoms with van der Waals surface area (Å²) in [5, 5.41) is 2.90. The number of carbonyl (C=O) groups excluding carboxylic acids is 1. The molecule has 3 N–H and O–H groups in total. The third-order valence-electron chi connectivity index (χ3n) is 3.94. The highest BCUT2D eigenvalue weighted by Crippen LogP contribution is 2.19. The normalized spacial score (nSPS) is 15.9. The minimum Gasteiger partial charge on any atom is -0.376 e. The molecule has 1 fully saturated rings. The largest absolute Gasteiger partial charge is 0.376 e. The highest BCUT2D eigenvalue weighted by Gasteiger charge is 2.13. The first kappa shape index (κ1) is 16.0. The molecular weight excluding hydrogens is 264 g/mol. The molecule has 1 saturated carbocycles. The molecule has 0 heterocycles. The van der Waals surface area contributed by atoms with Crippen LogP contribution in [-0.4, -0.2) is 31.7 Å². The van der Waals surface area contributed by atoms with Gasteiger partial charge in [0.1, 0.15) is 0 Å². The van der Waals surface area contributed by atoms with Gasteiger partial charge in [0.25, 0.3) is 5.91 Å². The number of amides is 1. The Kier molecular flexibility index (Phi) is 6.70. The molecule has 0 saturated heterocycles. The van der Waals surface area contributed by atoms with E-state index < -0.39 is 0 Å². The summed E-state index contributed by atoms with van der Waals surface area (Å²) in [5.74, 6) is -0.0402. The highest BCUT2D eigenvalue weighted by atomic mass is 16.5. The number of rotatable bonds is 7. The second kappa shape index (κ2) is 8.80. The van der Waals surface area contributed by atoms with E-state index in [-0.39, 0.29) is 5.91 Å². The molecule has 1 amide bonds. The van der Waals surface area contributed by atoms with E-state index in [1.165, 1.54) is 19.3 Å². The Morgan fingerprint density at radius 3 is 2.57 bits per heavy atom. The van der Waals surface area contributed by atoms with E-state index in [9.17, 15) is 4.79 Å². The van der Waals surface area contributed by atoms with Crippen LogP contribution in [0, 0.1) is 0 Å². The zero-order valence-corrected chi connectivity index (χ0v) is 12.6. The molecule has 0 bridgehead atoms. The first-order valence-corrected chi connectivity index (χ1v) is 7.98. The third-order valence-corrected chi connectivity index (χ3v) is 3.94. The number of carbonyl (C=O) groups is 1. The van der Waals surface area contributed by atoms with E-state index >= 15 is 0 Å². The lowest BCUT2D eigenvalue weighted by Crippen LogP contribution is -2.29. The van der Waals surface area contributed by atoms with Crippen molar-refractivity contribution in [1.29, 1.82) is 0 Å². The van der Waals surface area contributed by atoms with Gasteiger partial charge in [-0.1, -0.05) is 31.4 Å². The number of benzene rings is 1. The summed E-state index contributed by atoms with van der Waals surface area (Å²) < 4.78 is 5.79. The van der Waals surface area contributed by atoms with Gasteiger partial charge in [0, 0.05) is 12.1 Å². The Morgan fingerprint density at radius 1 is 1.19 bits per heavy atom. The van der Waals surface area contributed by atoms with Crippen LogP contribution in [0.25, 0.3) is 0 Å². The maximum atomic E-state index is 12.0. The van der Waals surface area contributed by atoms with Gasteiger partial charge in [-0.2, -0.15) is 0 Å². The van der Waals surface area contributed by atoms with Crippen molar-refractivity contribution in [1.82, 2.24) is 5.32 Å². The van der Waals surface area contributed by atoms with Gasteiger partial charge >= 0.3 is 0 Å². The van der Waals surface area contributed by atoms with Gasteiger partial charge in [0.2, 0.25) is 0 Å². The average Bonchev–Trinajstić information content (AvgIpc) is 2.53. The Hall–Kier alpha value is -1.39. The summed E-state index contributed by atoms with van der Waals surface area (Å²) in [5.41, 5.74) is 7.36. The molecule has 1 aromatic rings. The first-order valence-electron chi connectivity index (χ1n) is 7.98. The number of ether oxygens (including phenoxy) is 1. The lowest BCUT2D eigenvalue weighted by molar-refractivity contribution is 0.0299. The first-order chi connectivity index (χ1) is 10.3. The number of nitrogens with two attached hydrogens (primary N) is 1. The topological polar surface area (TPSA) is 64.4 Å². The number of hydrogen-bond acceptors (Lipinski definition) is 3. The molecule has 2 rings (SSSR count). The molecule has 0 unspecified atom stereocenters. The van der Waals surface area contributed by atoms with Crippen molar-refractivity contribution in [3.8, 4) is 0 Å². The molecule has 4 heteroatoms. The van der Waals surface area contributed by atoms with Crippen LogP contribution in [0.15, 0.2) is 24.3 Å². The van der Waals surface area contributed by atoms with Gasteiger partial charge in [-0.3, -0.25) is 4.79 Å². The molecule has 21 heavy (non-hydrogen) atoms. The lowest BCUT2D eigenvalue weighted by Gasteiger charge is -2.22. The minimum absolute atomic E-state index is 0.0402. The van der Waals surface area contributed by atoms with E-state index in [1.54, 1.807) is 0 Å². The Labute approximate surface area is 127 Å². The van der Waals surface area contributed by atoms with E-state index in [0.29, 0.717) is 31.4 Å². The van der Waals surface area contributed by atoms with Gasteiger partial charge in [0.05, 0.1) is 12.7 Å². The molecule has 1 aliphatic rings. The van der Waals surface area contributed by atoms with Crippen LogP contribution in [0.1, 0.15) is 48.0 Å². The van der Waals surface area contributed by atoms with Crippen molar-refractivity contribution in [2.24, 2.45) is 5.73 Å². The monoisotopic (exact) mass is 290 g/mol. The van der Waals surface area contributed by atoms with E-state index in [1.807, 2.05) is 24.3 Å². The van der Waals surface area contributed by atoms with Crippen molar-refractivity contribution < 1.29 is 9.53 Å². The fourth-order valence-electron chi connectivity index (χ4n) is 2.71. The van der Waals surface area contributed by atoms with Gasteiger partial charge in [0.15, 0.2) is 0 Å². The van der Waals surface area contributed by atoms with Crippen LogP contribution in [0.5, 0.6) is 0 Å². The van der Waals surface area contributed by atoms with Crippen LogP contribution in [0.3, 0.4) is 0 Å². The van der Waals surface area contributed by atoms with Crippen molar-refractivity contribution >= 4 is 5.91 Å². The van der Waals surface area contributed by atoms with Gasteiger partial charge in [-0.15, -0.1) is 0 Å². The smallest absolute Gasteiger partial charge is 0.251 e. The summed E-state index contributed by atoms with van der Waals surface area (Å²) in [6.07, 6.45) is 7.44. The van der Waals surface area contributed by atoms with Gasteiger partial charge in [-0.05, 0) is 43.5 Å². The quantitative estimate of drug-likeness (QED) is 0.757. The van der Waals surface area contributed by atoms with Crippen molar-refractivity contribution in [3.63, 3.8) is 0 Å². The second-order valence-electron chi connectivity index (χ2n) is 5.62. The van der Waals surface area contributed by atoms with Gasteiger partial charge in [-0.25, -0.2) is 0 Å². The van der Waals surface area contributed by atoms with Crippen molar-refractivity contribution in [2.75, 3.05) is 19.7 Å². The molecule has 0 atom stereocenters. The van der Waals surface area contributed by atoms with E-state index in [0.717, 1.165) is 24.8 Å². The molecule has 116 valence electrons. The molecule has 4 nitrogen and oxygen atoms in total. The summed E-state index contributed by atoms with van der Waals surface area (Å²) in [6.45, 7) is 1.80. The van der Waals surface area contributed by atoms with E-state index in [2.05, 4.69) is 5.32 Å². The van der Waals surface area contributed by atoms with Crippen molar-refractivity contribution in [2.45, 2.75) is 44.6 Å². The summed E-state index contributed by atoms with van der Waals surface area (Å²) in [7, 11) is 0. The molecule has 0 radical (unpaired) electrons. The van der Waals surface area contributed by atoms with Crippen LogP contribution in [-0.2, 0) is 11.2 Å². The molecule has 1 aliphatic carbocycles. The maximum absolute atomic E-state index is 12.0. The molecule has 0 aromatic heterocycles. The zero-order valence-electron chi connectivity index (χ0n) is 12.6. The summed E-state index contributed by atoms with van der Waals surface area (Å²) in [6, 6.07) is 7.62. The number of hydrogen-bond donors (Lipinski definition) is 2. The second-order valence-corrected chi connectivity index (χ2v) is 5.62. The fraction of sp³-hybridized carbons (Fsp3) is 0.588. The predicted octanol–water partition coefficient (Wildman–Crippen LogP) is 2.27. The highest BCUT2D eigenvalue weighted by molar-refractivity contribution is 5.94. The van der Waals surface area contributed by atoms with Gasteiger partial charge < -0.3 is 15.8 Å². The SMILES string of the molecule is NCCc1ccc(C(=O)NCCOC2CCCCC2)cc1. The molecule has 0 aliphatic heterocycles. The van der Waals surface area contributed by atoms with Crippen LogP contribution >= 0.6 is 0 Å². The Balaban J connectivity index is 1.66. The Morgan fingerprint density at radius 2 is 1.90 bits per heavy atom. The average molecular weight is 290 g/mol. The molecule has 0 spiro atoms. The lowest BCUT2D eigenvalue weighted by atomic mass is 9.98. The summed E-state index contributed by atoms with van der Waals surface area (Å²) >= 11 is 0. The van der Waals surface area contributed by atoms with Crippen LogP contribution < -0.4 is 11.1 Å². The van der Waals surface area contributed by atoms with Crippen molar-refractivity contribution in [3.05, 3.63) is 35.4 Å². The van der Waals surface area contributed by atoms with E-state index in [4.69, 9.17) is 10.5 Å². The Bertz CT molecular complexity index is 425. The minimum atomic E-state index is -0.0402. The molecular formula is C17H26N2O2. The predicted molar refractivity (Wildman–Crippen MR) is 84.4 cm³/mol. The third kappa shape index (κ3) is 5.48. The fourth-order valence-corrected chi connectivity index (χ4v) is 2.71. The maximum Gasteiger partial charge on any atom is 0.251 e. The van der Waals surface area contributed by atoms with Crippen LogP contribution in [0.2, 0.25) is 0 Å².